The molecule has 8 heterocycles. The van der Waals surface area contributed by atoms with E-state index in [0.29, 0.717) is 237 Å². The number of allylic oxidation sites excluding steroid dienone is 5. The summed E-state index contributed by atoms with van der Waals surface area (Å²) in [6.07, 6.45) is 16.1. The molecule has 1 aromatic carbocycles. The number of fused-ring (bicyclic) bond motifs is 6. The van der Waals surface area contributed by atoms with Crippen LogP contribution >= 0.6 is 0 Å². The van der Waals surface area contributed by atoms with Gasteiger partial charge in [0.15, 0.2) is 11.4 Å². The zero-order chi connectivity index (χ0) is 95.0. The summed E-state index contributed by atoms with van der Waals surface area (Å²) in [5, 5.41) is 37.1. The minimum Gasteiger partial charge on any atom is -0.712 e. The topological polar surface area (TPSA) is 442 Å². The summed E-state index contributed by atoms with van der Waals surface area (Å²) in [5.41, 5.74) is 24.8. The maximum absolute atomic E-state index is 14.9. The number of methoxy groups -OCH3 is 3. The average molecular weight is 1860 g/mol. The fraction of sp³-hybridized carbons (Fsp3) is 0.670. The molecule has 4 aromatic heterocycles. The van der Waals surface area contributed by atoms with Gasteiger partial charge in [-0.2, -0.15) is 5.10 Å². The van der Waals surface area contributed by atoms with E-state index in [1.807, 2.05) is 86.0 Å². The first kappa shape index (κ1) is 106. The number of H-pyrrole nitrogens is 1. The lowest BCUT2D eigenvalue weighted by Gasteiger charge is -2.43. The number of ketones is 2. The van der Waals surface area contributed by atoms with Crippen molar-refractivity contribution < 1.29 is 115 Å². The fourth-order valence-electron chi connectivity index (χ4n) is 17.8. The molecule has 3 amide bonds. The number of carbonyl (C=O) groups is 6. The lowest BCUT2D eigenvalue weighted by Crippen LogP contribution is -2.61. The van der Waals surface area contributed by atoms with Crippen LogP contribution in [0.3, 0.4) is 0 Å². The zero-order valence-electron chi connectivity index (χ0n) is 79.3. The molecular formula is C97H143N12O24-. The Morgan fingerprint density at radius 1 is 0.707 bits per heavy atom. The van der Waals surface area contributed by atoms with Gasteiger partial charge in [0.2, 0.25) is 11.7 Å². The third-order valence-electron chi connectivity index (χ3n) is 25.6. The van der Waals surface area contributed by atoms with Gasteiger partial charge >= 0.3 is 12.1 Å². The summed E-state index contributed by atoms with van der Waals surface area (Å²) in [6, 6.07) is 8.25. The van der Waals surface area contributed by atoms with E-state index in [-0.39, 0.29) is 62.5 Å². The van der Waals surface area contributed by atoms with Crippen LogP contribution in [0.2, 0.25) is 0 Å². The van der Waals surface area contributed by atoms with Crippen LogP contribution < -0.4 is 11.1 Å². The third-order valence-corrected chi connectivity index (χ3v) is 25.6. The Kier molecular flexibility index (Phi) is 44.8. The van der Waals surface area contributed by atoms with Crippen molar-refractivity contribution >= 4 is 63.3 Å². The number of pyridine rings is 1. The maximum Gasteiger partial charge on any atom is 0.407 e. The number of aliphatic hydroxyl groups is 2. The molecule has 736 valence electrons. The molecule has 2 saturated heterocycles. The van der Waals surface area contributed by atoms with Gasteiger partial charge in [0.05, 0.1) is 169 Å². The van der Waals surface area contributed by atoms with E-state index in [1.54, 1.807) is 47.3 Å². The van der Waals surface area contributed by atoms with Crippen LogP contribution in [0.15, 0.2) is 102 Å². The van der Waals surface area contributed by atoms with Crippen LogP contribution in [0.4, 0.5) is 10.6 Å². The van der Waals surface area contributed by atoms with Crippen molar-refractivity contribution in [1.29, 1.82) is 0 Å². The highest BCUT2D eigenvalue weighted by atomic mass is 16.6. The van der Waals surface area contributed by atoms with Crippen molar-refractivity contribution in [3.63, 3.8) is 0 Å². The number of nitrogen functional groups attached to an aromatic ring is 1. The molecule has 1 aliphatic carbocycles. The van der Waals surface area contributed by atoms with Crippen LogP contribution in [-0.2, 0) is 119 Å². The van der Waals surface area contributed by atoms with E-state index >= 15 is 0 Å². The lowest BCUT2D eigenvalue weighted by atomic mass is 9.78. The minimum absolute atomic E-state index is 0.000185. The highest BCUT2D eigenvalue weighted by molar-refractivity contribution is 6.39. The number of carbonyl (C=O) groups excluding carboxylic acids is 6. The number of nitrogens with two attached hydrogens (primary N) is 1. The van der Waals surface area contributed by atoms with Crippen LogP contribution in [0.25, 0.3) is 38.9 Å². The predicted molar refractivity (Wildman–Crippen MR) is 494 cm³/mol. The van der Waals surface area contributed by atoms with Crippen molar-refractivity contribution in [2.24, 2.45) is 40.6 Å². The van der Waals surface area contributed by atoms with Gasteiger partial charge in [0, 0.05) is 102 Å². The molecule has 133 heavy (non-hydrogen) atoms. The second kappa shape index (κ2) is 56.0. The number of alkyl carbamates (subject to hydrolysis) is 1. The first-order chi connectivity index (χ1) is 64.4. The van der Waals surface area contributed by atoms with Gasteiger partial charge in [-0.05, 0) is 148 Å². The van der Waals surface area contributed by atoms with Crippen molar-refractivity contribution in [2.45, 2.75) is 212 Å². The van der Waals surface area contributed by atoms with Gasteiger partial charge < -0.3 is 122 Å². The number of esters is 1. The number of cyclic esters (lactones) is 1. The van der Waals surface area contributed by atoms with Gasteiger partial charge in [-0.1, -0.05) is 89.3 Å². The molecule has 4 aliphatic heterocycles. The van der Waals surface area contributed by atoms with E-state index in [9.17, 15) is 44.5 Å². The molecule has 36 nitrogen and oxygen atoms in total. The van der Waals surface area contributed by atoms with E-state index in [4.69, 9.17) is 86.6 Å². The van der Waals surface area contributed by atoms with Crippen LogP contribution in [0.5, 0.6) is 0 Å². The summed E-state index contributed by atoms with van der Waals surface area (Å²) in [6.45, 7) is 22.4. The predicted octanol–water partition coefficient (Wildman–Crippen LogP) is 10.2. The van der Waals surface area contributed by atoms with Crippen LogP contribution in [-0.4, -0.2) is 319 Å². The standard InChI is InChI=1S/C97H143N12O24/c1-64-16-12-11-13-17-65(2)81(118-8)58-77-23-19-70(7)97(117,133-77)90(113)94(114)108-30-15-14-18-79(108)95(115)131-82(59-78(105-99)66(3)53-69(6)88(112)89(120-10)87(111)68(5)52-64)67(4)54-71-21-24-80(83(56-71)119-9)132-96(116)101-29-33-122-35-37-124-39-41-126-43-45-128-47-49-130-51-50-129-48-46-127-44-42-125-40-38-123-36-34-121-32-27-84(110)107-31-26-73-55-72(20-22-75(73)62-107)61-109-93-85(91(98)103-63-104-93)86(106-109)76-57-74-25-28-100-92(74)102-60-76/h11-13,16-17,20,22,25,28,53,55,57,60,63-64,66-68,70-71,77-83,88-89,112,117H,14-15,18-19,21,23-24,26-27,29-52,54,56,58-59,61-62H2,1-10H3,(H,100,102)(H,101,116)(H2,98,103,104)/q-1/b13-11+,16-12+,65-17+,69-53+/t64-,66-,67-,68-,70-,71+,77+,78+,79+,80-,81+,82+,83-,88-,89+,97-/m1/s1. The number of anilines is 1. The Balaban J connectivity index is 0.528. The zero-order valence-corrected chi connectivity index (χ0v) is 79.3. The molecule has 1 saturated carbocycles. The molecule has 16 atom stereocenters. The number of hydrogen-bond donors (Lipinski definition) is 5. The number of aromatic amines is 1. The van der Waals surface area contributed by atoms with Crippen molar-refractivity contribution in [3.05, 3.63) is 119 Å². The molecule has 2 bridgehead atoms. The number of ether oxygens (including phenoxy) is 16. The quantitative estimate of drug-likeness (QED) is 0.00795. The van der Waals surface area contributed by atoms with Crippen LogP contribution in [0, 0.1) is 35.5 Å². The Morgan fingerprint density at radius 3 is 2.00 bits per heavy atom. The lowest BCUT2D eigenvalue weighted by molar-refractivity contribution is -0.265. The normalized spacial score (nSPS) is 26.8. The number of Topliss-reactive ketones (excluding diaryl/α,β-unsaturated/α-hetero) is 2. The molecule has 5 aromatic rings. The fourth-order valence-corrected chi connectivity index (χ4v) is 17.8. The summed E-state index contributed by atoms with van der Waals surface area (Å²) in [7, 11) is 4.52. The molecule has 10 rings (SSSR count). The first-order valence-electron chi connectivity index (χ1n) is 47.2. The molecule has 36 heteroatoms. The first-order valence-corrected chi connectivity index (χ1v) is 47.2. The van der Waals surface area contributed by atoms with E-state index in [0.717, 1.165) is 39.7 Å². The molecular weight excluding hydrogens is 1720 g/mol. The second-order valence-corrected chi connectivity index (χ2v) is 35.4. The Bertz CT molecular complexity index is 4580. The molecule has 0 unspecified atom stereocenters. The van der Waals surface area contributed by atoms with Gasteiger partial charge in [-0.25, -0.2) is 29.2 Å². The smallest absolute Gasteiger partial charge is 0.407 e. The van der Waals surface area contributed by atoms with Gasteiger partial charge in [0.25, 0.3) is 11.7 Å². The maximum atomic E-state index is 14.9. The monoisotopic (exact) mass is 1860 g/mol. The van der Waals surface area contributed by atoms with Crippen molar-refractivity contribution in [1.82, 2.24) is 44.8 Å². The second-order valence-electron chi connectivity index (χ2n) is 35.4. The van der Waals surface area contributed by atoms with Crippen LogP contribution in [0.1, 0.15) is 149 Å². The number of amides is 3. The molecule has 0 spiro atoms. The highest BCUT2D eigenvalue weighted by Crippen LogP contribution is 2.40. The molecule has 6 N–H and O–H groups in total. The summed E-state index contributed by atoms with van der Waals surface area (Å²) in [4.78, 5) is 104. The Labute approximate surface area is 780 Å². The summed E-state index contributed by atoms with van der Waals surface area (Å²) >= 11 is 0. The summed E-state index contributed by atoms with van der Waals surface area (Å²) in [5.74, 6) is -7.54. The highest BCUT2D eigenvalue weighted by Gasteiger charge is 2.53. The largest absolute Gasteiger partial charge is 0.712 e. The minimum atomic E-state index is -2.48. The number of aliphatic hydroxyl groups excluding tert-OH is 1. The number of piperidine rings is 1. The molecule has 5 aliphatic rings. The molecule has 0 radical (unpaired) electrons. The average Bonchev–Trinajstić information content (AvgIpc) is 1.64. The number of nitrogens with one attached hydrogen (secondary N) is 2. The Morgan fingerprint density at radius 2 is 1.36 bits per heavy atom. The third kappa shape index (κ3) is 32.4. The number of aromatic nitrogens is 6. The number of hydrogen-bond acceptors (Lipinski definition) is 30. The van der Waals surface area contributed by atoms with Gasteiger partial charge in [-0.15, -0.1) is 0 Å². The number of benzene rings is 1. The summed E-state index contributed by atoms with van der Waals surface area (Å²) < 4.78 is 94.3. The van der Waals surface area contributed by atoms with Gasteiger partial charge in [0.1, 0.15) is 53.9 Å². The molecule has 3 fully saturated rings. The number of rotatable bonds is 44. The van der Waals surface area contributed by atoms with E-state index in [2.05, 4.69) is 48.6 Å². The van der Waals surface area contributed by atoms with E-state index in [1.165, 1.54) is 23.9 Å². The van der Waals surface area contributed by atoms with Crippen molar-refractivity contribution in [2.75, 3.05) is 179 Å². The van der Waals surface area contributed by atoms with Gasteiger partial charge in [-0.3, -0.25) is 19.2 Å². The number of nitrogens with zero attached hydrogens (tertiary/aromatic N) is 9. The van der Waals surface area contributed by atoms with E-state index < -0.39 is 108 Å². The SMILES string of the molecule is CO[C@H]1C[C@@H]2CC[C@@H](C)[C@@](O)(O2)C(=O)C(=O)N2CCCC[C@H]2C(=O)O[C@H]([C@H](C)C[C@@H]2CC[C@@H](OC(=O)NCCOCCOCCOCCOCCOCCOCCOCCOCCOCCOCCC(=O)N3CCc4cc(Cn5nc(-c6cnc7[nH]ccc7c6)c6c(N)ncnc65)ccc4C3)[C@H](OC)C2)C[C@H](N=[N-])[C@H](C)/C=C(\C)[C@@H](O)[C@@H](OC)C(=O)[C@H](C)C[C@H](C)/C=C/C=C/C=C/1C. The van der Waals surface area contributed by atoms with Crippen molar-refractivity contribution in [3.8, 4) is 11.3 Å². The Hall–Kier alpha value is -8.80.